The normalized spacial score (nSPS) is 17.3. The Bertz CT molecular complexity index is 2220. The number of carbonyl (C=O) groups excluding carboxylic acids is 3. The fraction of sp³-hybridized carbons (Fsp3) is 0.268. The first-order valence-corrected chi connectivity index (χ1v) is 18.4. The quantitative estimate of drug-likeness (QED) is 0.183. The van der Waals surface area contributed by atoms with Gasteiger partial charge in [-0.2, -0.15) is 0 Å². The highest BCUT2D eigenvalue weighted by Crippen LogP contribution is 2.44. The van der Waals surface area contributed by atoms with Crippen molar-refractivity contribution in [3.63, 3.8) is 0 Å². The summed E-state index contributed by atoms with van der Waals surface area (Å²) in [6, 6.07) is 21.1. The molecular formula is C41H37F2N5O4S. The predicted octanol–water partition coefficient (Wildman–Crippen LogP) is 8.11. The second-order valence-corrected chi connectivity index (χ2v) is 15.2. The summed E-state index contributed by atoms with van der Waals surface area (Å²) in [5, 5.41) is 5.38. The average molecular weight is 734 g/mol. The van der Waals surface area contributed by atoms with Crippen molar-refractivity contribution in [3.8, 4) is 10.4 Å². The topological polar surface area (TPSA) is 104 Å². The maximum absolute atomic E-state index is 14.3. The van der Waals surface area contributed by atoms with Gasteiger partial charge in [0.1, 0.15) is 23.1 Å². The molecule has 2 fully saturated rings. The fourth-order valence-corrected chi connectivity index (χ4v) is 8.71. The number of anilines is 4. The molecular weight excluding hydrogens is 697 g/mol. The van der Waals surface area contributed by atoms with Gasteiger partial charge >= 0.3 is 0 Å². The van der Waals surface area contributed by atoms with Crippen LogP contribution in [-0.4, -0.2) is 55.1 Å². The number of hydrogen-bond acceptors (Lipinski definition) is 7. The van der Waals surface area contributed by atoms with E-state index in [0.29, 0.717) is 39.6 Å². The third-order valence-electron chi connectivity index (χ3n) is 10.4. The Kier molecular flexibility index (Phi) is 9.03. The number of aryl methyl sites for hydroxylation is 1. The smallest absolute Gasteiger partial charge is 0.265 e. The monoisotopic (exact) mass is 733 g/mol. The molecule has 9 nitrogen and oxygen atoms in total. The molecule has 12 heteroatoms. The van der Waals surface area contributed by atoms with Crippen molar-refractivity contribution in [3.05, 3.63) is 124 Å². The molecule has 53 heavy (non-hydrogen) atoms. The van der Waals surface area contributed by atoms with Crippen LogP contribution in [0.1, 0.15) is 61.3 Å². The van der Waals surface area contributed by atoms with Crippen LogP contribution in [0.3, 0.4) is 0 Å². The van der Waals surface area contributed by atoms with Crippen LogP contribution in [0.2, 0.25) is 0 Å². The van der Waals surface area contributed by atoms with E-state index in [1.807, 2.05) is 44.2 Å². The molecule has 0 aliphatic carbocycles. The highest BCUT2D eigenvalue weighted by molar-refractivity contribution is 7.17. The summed E-state index contributed by atoms with van der Waals surface area (Å²) in [6.07, 6.45) is 4.26. The van der Waals surface area contributed by atoms with Gasteiger partial charge in [-0.1, -0.05) is 24.3 Å². The van der Waals surface area contributed by atoms with Crippen molar-refractivity contribution in [1.82, 2.24) is 4.98 Å². The minimum atomic E-state index is -0.858. The van der Waals surface area contributed by atoms with Crippen molar-refractivity contribution >= 4 is 51.9 Å². The van der Waals surface area contributed by atoms with E-state index in [4.69, 9.17) is 4.74 Å². The SMILES string of the molecule is Cc1cnc(N2CC3(CCOCC3)C2)c(C(=O)Nc2ccc(C(=O)N3c4ccccc4-c4sc(C(=O)Nc5c(F)cccc5F)cc4CC3C)cc2)c1. The van der Waals surface area contributed by atoms with Gasteiger partial charge in [-0.3, -0.25) is 14.4 Å². The van der Waals surface area contributed by atoms with Gasteiger partial charge in [-0.05, 0) is 98.8 Å². The molecule has 0 bridgehead atoms. The maximum Gasteiger partial charge on any atom is 0.265 e. The van der Waals surface area contributed by atoms with E-state index in [-0.39, 0.29) is 23.3 Å². The van der Waals surface area contributed by atoms with E-state index in [0.717, 1.165) is 72.8 Å². The number of fused-ring (bicyclic) bond motifs is 3. The standard InChI is InChI=1S/C41H37F2N5O4S/c1-24-18-30(37(44-21-24)47-22-41(23-47)14-16-52-17-15-41)38(49)45-28-12-10-26(11-13-28)40(51)48-25(2)19-27-20-34(53-36(27)29-6-3-4-9-33(29)48)39(50)46-35-31(42)7-5-8-32(35)43/h3-13,18,20-21,25H,14-17,19,22-23H2,1-2H3,(H,45,49)(H,46,50). The first kappa shape index (κ1) is 34.6. The molecule has 1 spiro atoms. The van der Waals surface area contributed by atoms with Crippen LogP contribution in [0.5, 0.6) is 0 Å². The van der Waals surface area contributed by atoms with E-state index in [9.17, 15) is 23.2 Å². The largest absolute Gasteiger partial charge is 0.381 e. The third-order valence-corrected chi connectivity index (χ3v) is 11.6. The second kappa shape index (κ2) is 13.8. The Labute approximate surface area is 309 Å². The maximum atomic E-state index is 14.3. The number of nitrogens with zero attached hydrogens (tertiary/aromatic N) is 3. The first-order valence-electron chi connectivity index (χ1n) is 17.6. The summed E-state index contributed by atoms with van der Waals surface area (Å²) in [5.41, 5.74) is 4.44. The number of nitrogens with one attached hydrogen (secondary N) is 2. The van der Waals surface area contributed by atoms with Crippen LogP contribution in [0.15, 0.2) is 85.1 Å². The van der Waals surface area contributed by atoms with Gasteiger partial charge in [-0.15, -0.1) is 11.3 Å². The zero-order chi connectivity index (χ0) is 36.9. The molecule has 3 aliphatic rings. The molecule has 0 radical (unpaired) electrons. The van der Waals surface area contributed by atoms with Crippen LogP contribution < -0.4 is 20.4 Å². The number of ether oxygens (including phenoxy) is 1. The molecule has 2 saturated heterocycles. The second-order valence-electron chi connectivity index (χ2n) is 14.1. The number of amides is 3. The van der Waals surface area contributed by atoms with Gasteiger partial charge < -0.3 is 25.2 Å². The molecule has 5 aromatic rings. The van der Waals surface area contributed by atoms with Gasteiger partial charge in [0.25, 0.3) is 17.7 Å². The van der Waals surface area contributed by atoms with Crippen molar-refractivity contribution in [2.45, 2.75) is 39.2 Å². The molecule has 8 rings (SSSR count). The molecule has 270 valence electrons. The van der Waals surface area contributed by atoms with Gasteiger partial charge in [0, 0.05) is 65.6 Å². The van der Waals surface area contributed by atoms with Crippen LogP contribution in [-0.2, 0) is 11.2 Å². The summed E-state index contributed by atoms with van der Waals surface area (Å²) in [4.78, 5) is 50.7. The van der Waals surface area contributed by atoms with Crippen molar-refractivity contribution in [2.24, 2.45) is 5.41 Å². The number of halogens is 2. The lowest BCUT2D eigenvalue weighted by molar-refractivity contribution is -0.000511. The summed E-state index contributed by atoms with van der Waals surface area (Å²) >= 11 is 1.21. The Morgan fingerprint density at radius 2 is 1.62 bits per heavy atom. The highest BCUT2D eigenvalue weighted by Gasteiger charge is 2.45. The molecule has 1 atom stereocenters. The van der Waals surface area contributed by atoms with Gasteiger partial charge in [0.15, 0.2) is 0 Å². The fourth-order valence-electron chi connectivity index (χ4n) is 7.59. The molecule has 3 aliphatic heterocycles. The zero-order valence-corrected chi connectivity index (χ0v) is 30.1. The lowest BCUT2D eigenvalue weighted by Gasteiger charge is -2.53. The molecule has 2 aromatic heterocycles. The molecule has 5 heterocycles. The number of benzene rings is 3. The molecule has 2 N–H and O–H groups in total. The number of hydrogen-bond donors (Lipinski definition) is 2. The van der Waals surface area contributed by atoms with E-state index < -0.39 is 23.2 Å². The average Bonchev–Trinajstić information content (AvgIpc) is 3.52. The zero-order valence-electron chi connectivity index (χ0n) is 29.2. The Hall–Kier alpha value is -5.46. The number of carbonyl (C=O) groups is 3. The number of aromatic nitrogens is 1. The molecule has 1 unspecified atom stereocenters. The van der Waals surface area contributed by atoms with Gasteiger partial charge in [0.05, 0.1) is 16.1 Å². The van der Waals surface area contributed by atoms with Crippen molar-refractivity contribution in [2.75, 3.05) is 46.7 Å². The van der Waals surface area contributed by atoms with Crippen molar-refractivity contribution < 1.29 is 27.9 Å². The minimum absolute atomic E-state index is 0.212. The lowest BCUT2D eigenvalue weighted by Crippen LogP contribution is -2.59. The Morgan fingerprint density at radius 1 is 0.906 bits per heavy atom. The summed E-state index contributed by atoms with van der Waals surface area (Å²) in [7, 11) is 0. The van der Waals surface area contributed by atoms with E-state index >= 15 is 0 Å². The van der Waals surface area contributed by atoms with Crippen LogP contribution >= 0.6 is 11.3 Å². The molecule has 3 amide bonds. The Morgan fingerprint density at radius 3 is 2.36 bits per heavy atom. The van der Waals surface area contributed by atoms with E-state index in [2.05, 4.69) is 20.5 Å². The number of para-hydroxylation sites is 2. The van der Waals surface area contributed by atoms with Crippen LogP contribution in [0.25, 0.3) is 10.4 Å². The summed E-state index contributed by atoms with van der Waals surface area (Å²) in [6.45, 7) is 7.09. The molecule has 0 saturated carbocycles. The predicted molar refractivity (Wildman–Crippen MR) is 202 cm³/mol. The molecule has 3 aromatic carbocycles. The summed E-state index contributed by atoms with van der Waals surface area (Å²) in [5.74, 6) is -2.14. The first-order chi connectivity index (χ1) is 25.6. The highest BCUT2D eigenvalue weighted by atomic mass is 32.1. The minimum Gasteiger partial charge on any atom is -0.381 e. The van der Waals surface area contributed by atoms with E-state index in [1.165, 1.54) is 17.4 Å². The van der Waals surface area contributed by atoms with Crippen LogP contribution in [0.4, 0.5) is 31.7 Å². The van der Waals surface area contributed by atoms with Gasteiger partial charge in [-0.25, -0.2) is 13.8 Å². The Balaban J connectivity index is 0.996. The van der Waals surface area contributed by atoms with Gasteiger partial charge in [0.2, 0.25) is 0 Å². The van der Waals surface area contributed by atoms with Crippen LogP contribution in [0, 0.1) is 24.0 Å². The third kappa shape index (κ3) is 6.57. The van der Waals surface area contributed by atoms with E-state index in [1.54, 1.807) is 41.4 Å². The summed E-state index contributed by atoms with van der Waals surface area (Å²) < 4.78 is 34.1. The number of thiophene rings is 1. The number of pyridine rings is 1. The number of rotatable bonds is 6. The lowest BCUT2D eigenvalue weighted by atomic mass is 9.73. The van der Waals surface area contributed by atoms with Crippen molar-refractivity contribution in [1.29, 1.82) is 0 Å².